The molecule has 0 N–H and O–H groups in total. The fourth-order valence-electron chi connectivity index (χ4n) is 6.45. The van der Waals surface area contributed by atoms with Crippen LogP contribution in [0.1, 0.15) is 24.8 Å². The maximum Gasteiger partial charge on any atom is 0.417 e. The van der Waals surface area contributed by atoms with E-state index in [1.807, 2.05) is 30.3 Å². The van der Waals surface area contributed by atoms with Crippen molar-refractivity contribution in [2.75, 3.05) is 6.61 Å². The van der Waals surface area contributed by atoms with Crippen molar-refractivity contribution in [3.63, 3.8) is 0 Å². The van der Waals surface area contributed by atoms with Crippen molar-refractivity contribution < 1.29 is 19.1 Å². The number of benzene rings is 1. The second kappa shape index (κ2) is 6.91. The molecule has 0 radical (unpaired) electrons. The van der Waals surface area contributed by atoms with Crippen LogP contribution in [0.5, 0.6) is 0 Å². The number of imide groups is 1. The summed E-state index contributed by atoms with van der Waals surface area (Å²) in [5, 5.41) is 0.789. The molecule has 3 aliphatic carbocycles. The van der Waals surface area contributed by atoms with Gasteiger partial charge in [-0.2, -0.15) is 0 Å². The number of nitrogens with zero attached hydrogens (tertiary/aromatic N) is 1. The predicted octanol–water partition coefficient (Wildman–Crippen LogP) is 4.00. The van der Waals surface area contributed by atoms with Gasteiger partial charge in [-0.3, -0.25) is 9.59 Å². The molecule has 0 unspecified atom stereocenters. The van der Waals surface area contributed by atoms with Gasteiger partial charge in [-0.15, -0.1) is 0 Å². The Morgan fingerprint density at radius 2 is 1.73 bits per heavy atom. The van der Waals surface area contributed by atoms with Gasteiger partial charge in [0.2, 0.25) is 0 Å². The summed E-state index contributed by atoms with van der Waals surface area (Å²) in [6.45, 7) is 6.63. The quantitative estimate of drug-likeness (QED) is 0.687. The summed E-state index contributed by atoms with van der Waals surface area (Å²) in [5.74, 6) is 0.746. The number of cyclic esters (lactones) is 1. The van der Waals surface area contributed by atoms with Crippen LogP contribution in [0.25, 0.3) is 0 Å². The van der Waals surface area contributed by atoms with Crippen molar-refractivity contribution in [1.29, 1.82) is 0 Å². The number of allylic oxidation sites excluding steroid dienone is 1. The van der Waals surface area contributed by atoms with Crippen LogP contribution in [0.4, 0.5) is 4.79 Å². The van der Waals surface area contributed by atoms with Crippen LogP contribution < -0.4 is 0 Å². The third-order valence-corrected chi connectivity index (χ3v) is 9.56. The van der Waals surface area contributed by atoms with E-state index in [1.165, 1.54) is 4.90 Å². The maximum atomic E-state index is 13.9. The van der Waals surface area contributed by atoms with E-state index in [9.17, 15) is 14.4 Å². The minimum Gasteiger partial charge on any atom is -0.447 e. The number of fused-ring (bicyclic) bond motifs is 5. The van der Waals surface area contributed by atoms with Crippen LogP contribution >= 0.6 is 0 Å². The van der Waals surface area contributed by atoms with E-state index >= 15 is 0 Å². The Kier molecular flexibility index (Phi) is 4.54. The molecule has 2 bridgehead atoms. The number of ketones is 1. The van der Waals surface area contributed by atoms with E-state index in [0.29, 0.717) is 23.8 Å². The number of amides is 2. The molecule has 1 aliphatic heterocycles. The van der Waals surface area contributed by atoms with E-state index in [-0.39, 0.29) is 36.2 Å². The molecule has 30 heavy (non-hydrogen) atoms. The van der Waals surface area contributed by atoms with Crippen LogP contribution in [0.2, 0.25) is 19.6 Å². The highest BCUT2D eigenvalue weighted by atomic mass is 28.3. The smallest absolute Gasteiger partial charge is 0.417 e. The highest BCUT2D eigenvalue weighted by Gasteiger charge is 2.60. The molecule has 0 spiro atoms. The van der Waals surface area contributed by atoms with Crippen molar-refractivity contribution in [3.8, 4) is 0 Å². The zero-order chi connectivity index (χ0) is 21.2. The summed E-state index contributed by atoms with van der Waals surface area (Å²) in [6.07, 6.45) is 3.24. The lowest BCUT2D eigenvalue weighted by molar-refractivity contribution is -0.126. The normalized spacial score (nSPS) is 32.8. The van der Waals surface area contributed by atoms with Crippen molar-refractivity contribution in [3.05, 3.63) is 46.7 Å². The van der Waals surface area contributed by atoms with Gasteiger partial charge in [0.05, 0.1) is 14.1 Å². The van der Waals surface area contributed by atoms with Gasteiger partial charge in [0, 0.05) is 17.4 Å². The highest BCUT2D eigenvalue weighted by Crippen LogP contribution is 2.60. The van der Waals surface area contributed by atoms with E-state index in [4.69, 9.17) is 4.74 Å². The Balaban J connectivity index is 1.53. The first-order valence-electron chi connectivity index (χ1n) is 11.1. The third-order valence-electron chi connectivity index (χ3n) is 7.54. The molecular weight excluding hydrogens is 394 g/mol. The zero-order valence-corrected chi connectivity index (χ0v) is 18.9. The SMILES string of the molecule is C[Si](C)(C)C1=C(C(=O)N2C(=O)OC[C@@H]2Cc2ccccc2)[C@H]2[C@H]3CC[C@H](C3)[C@H]2C1=O. The van der Waals surface area contributed by atoms with Crippen LogP contribution in [-0.4, -0.2) is 43.4 Å². The van der Waals surface area contributed by atoms with Crippen molar-refractivity contribution in [1.82, 2.24) is 4.90 Å². The molecule has 5 atom stereocenters. The summed E-state index contributed by atoms with van der Waals surface area (Å²) < 4.78 is 5.32. The Labute approximate surface area is 178 Å². The first kappa shape index (κ1) is 19.7. The predicted molar refractivity (Wildman–Crippen MR) is 115 cm³/mol. The molecule has 6 heteroatoms. The molecule has 2 amide bonds. The van der Waals surface area contributed by atoms with Gasteiger partial charge in [0.15, 0.2) is 5.78 Å². The lowest BCUT2D eigenvalue weighted by Crippen LogP contribution is -2.43. The average Bonchev–Trinajstić information content (AvgIpc) is 3.44. The molecule has 1 heterocycles. The molecule has 0 aromatic heterocycles. The first-order valence-corrected chi connectivity index (χ1v) is 14.6. The van der Waals surface area contributed by atoms with Gasteiger partial charge in [-0.1, -0.05) is 50.0 Å². The second-order valence-corrected chi connectivity index (χ2v) is 15.4. The average molecular weight is 424 g/mol. The highest BCUT2D eigenvalue weighted by molar-refractivity contribution is 6.88. The monoisotopic (exact) mass is 423 g/mol. The van der Waals surface area contributed by atoms with Crippen LogP contribution in [0, 0.1) is 23.7 Å². The van der Waals surface area contributed by atoms with Crippen LogP contribution in [0.3, 0.4) is 0 Å². The summed E-state index contributed by atoms with van der Waals surface area (Å²) in [7, 11) is -2.05. The fraction of sp³-hybridized carbons (Fsp3) is 0.542. The Bertz CT molecular complexity index is 948. The van der Waals surface area contributed by atoms with Crippen molar-refractivity contribution in [2.45, 2.75) is 51.4 Å². The summed E-state index contributed by atoms with van der Waals surface area (Å²) in [6, 6.07) is 9.55. The minimum absolute atomic E-state index is 0.0104. The summed E-state index contributed by atoms with van der Waals surface area (Å²) in [4.78, 5) is 41.4. The Morgan fingerprint density at radius 1 is 1.07 bits per heavy atom. The van der Waals surface area contributed by atoms with Gasteiger partial charge in [0.1, 0.15) is 6.61 Å². The maximum absolute atomic E-state index is 13.9. The standard InChI is InChI=1S/C24H29NO4Si/c1-30(2,3)22-20(18-15-9-10-16(12-15)19(18)21(22)26)23(27)25-17(13-29-24(25)28)11-14-7-5-4-6-8-14/h4-8,15-19H,9-13H2,1-3H3/t15-,16+,17-,18-,19+/m0/s1. The first-order chi connectivity index (χ1) is 14.3. The van der Waals surface area contributed by atoms with Gasteiger partial charge < -0.3 is 4.74 Å². The summed E-state index contributed by atoms with van der Waals surface area (Å²) in [5.41, 5.74) is 1.74. The largest absolute Gasteiger partial charge is 0.447 e. The van der Waals surface area contributed by atoms with Crippen molar-refractivity contribution in [2.24, 2.45) is 23.7 Å². The molecular formula is C24H29NO4Si. The number of carbonyl (C=O) groups is 3. The molecule has 5 rings (SSSR count). The van der Waals surface area contributed by atoms with Gasteiger partial charge in [0.25, 0.3) is 5.91 Å². The number of rotatable bonds is 4. The van der Waals surface area contributed by atoms with E-state index in [1.54, 1.807) is 0 Å². The molecule has 1 aromatic rings. The minimum atomic E-state index is -2.05. The second-order valence-electron chi connectivity index (χ2n) is 10.4. The number of hydrogen-bond acceptors (Lipinski definition) is 4. The molecule has 4 aliphatic rings. The van der Waals surface area contributed by atoms with Crippen molar-refractivity contribution >= 4 is 25.9 Å². The third kappa shape index (κ3) is 2.91. The Morgan fingerprint density at radius 3 is 2.40 bits per heavy atom. The number of carbonyl (C=O) groups excluding carboxylic acids is 3. The lowest BCUT2D eigenvalue weighted by Gasteiger charge is -2.28. The molecule has 2 saturated carbocycles. The topological polar surface area (TPSA) is 63.7 Å². The van der Waals surface area contributed by atoms with Gasteiger partial charge >= 0.3 is 6.09 Å². The molecule has 5 nitrogen and oxygen atoms in total. The fourth-order valence-corrected chi connectivity index (χ4v) is 8.44. The van der Waals surface area contributed by atoms with Crippen LogP contribution in [-0.2, 0) is 20.7 Å². The number of hydrogen-bond donors (Lipinski definition) is 0. The van der Waals surface area contributed by atoms with E-state index < -0.39 is 14.2 Å². The number of Topliss-reactive ketones (excluding diaryl/α,β-unsaturated/α-hetero) is 1. The zero-order valence-electron chi connectivity index (χ0n) is 17.9. The van der Waals surface area contributed by atoms with Gasteiger partial charge in [-0.05, 0) is 48.3 Å². The number of ether oxygens (including phenoxy) is 1. The van der Waals surface area contributed by atoms with E-state index in [2.05, 4.69) is 19.6 Å². The lowest BCUT2D eigenvalue weighted by atomic mass is 9.78. The molecule has 1 aromatic carbocycles. The molecule has 158 valence electrons. The Hall–Kier alpha value is -2.21. The van der Waals surface area contributed by atoms with Gasteiger partial charge in [-0.25, -0.2) is 9.69 Å². The summed E-state index contributed by atoms with van der Waals surface area (Å²) >= 11 is 0. The van der Waals surface area contributed by atoms with E-state index in [0.717, 1.165) is 30.0 Å². The molecule has 1 saturated heterocycles. The van der Waals surface area contributed by atoms with Crippen LogP contribution in [0.15, 0.2) is 41.1 Å². The molecule has 3 fully saturated rings.